The molecule has 176 valence electrons. The second kappa shape index (κ2) is 9.39. The summed E-state index contributed by atoms with van der Waals surface area (Å²) in [4.78, 5) is 31.2. The molecule has 1 amide bonds. The number of nitrogens with zero attached hydrogens (tertiary/aromatic N) is 3. The molecule has 0 aliphatic heterocycles. The van der Waals surface area contributed by atoms with Crippen molar-refractivity contribution in [2.75, 3.05) is 5.32 Å². The van der Waals surface area contributed by atoms with Gasteiger partial charge >= 0.3 is 0 Å². The molecule has 0 aliphatic rings. The molecule has 0 spiro atoms. The van der Waals surface area contributed by atoms with Crippen molar-refractivity contribution < 1.29 is 4.79 Å². The van der Waals surface area contributed by atoms with E-state index >= 15 is 0 Å². The van der Waals surface area contributed by atoms with Crippen LogP contribution < -0.4 is 10.9 Å². The zero-order valence-corrected chi connectivity index (χ0v) is 20.3. The lowest BCUT2D eigenvalue weighted by atomic mass is 10.0. The van der Waals surface area contributed by atoms with Crippen LogP contribution in [0, 0.1) is 0 Å². The molecule has 0 radical (unpaired) electrons. The van der Waals surface area contributed by atoms with E-state index in [1.807, 2.05) is 66.7 Å². The van der Waals surface area contributed by atoms with Crippen molar-refractivity contribution in [3.8, 4) is 0 Å². The smallest absolute Gasteiger partial charge is 0.278 e. The average Bonchev–Trinajstić information content (AvgIpc) is 3.16. The van der Waals surface area contributed by atoms with Crippen molar-refractivity contribution in [2.45, 2.75) is 32.9 Å². The van der Waals surface area contributed by atoms with Crippen molar-refractivity contribution in [3.63, 3.8) is 0 Å². The Kier molecular flexibility index (Phi) is 6.14. The molecule has 2 aromatic heterocycles. The van der Waals surface area contributed by atoms with E-state index in [4.69, 9.17) is 11.6 Å². The van der Waals surface area contributed by atoms with Crippen LogP contribution in [0.25, 0.3) is 21.9 Å². The highest BCUT2D eigenvalue weighted by molar-refractivity contribution is 6.31. The van der Waals surface area contributed by atoms with Gasteiger partial charge in [-0.2, -0.15) is 0 Å². The normalized spacial score (nSPS) is 11.4. The number of halogens is 1. The SMILES string of the molecule is CC(C)c1ccc(NC(=O)Cn2c3ccccc3c3ncn(Cc4ccccc4Cl)c(=O)c32)cc1. The lowest BCUT2D eigenvalue weighted by Gasteiger charge is -2.11. The molecule has 0 aliphatic carbocycles. The number of aromatic nitrogens is 3. The fraction of sp³-hybridized carbons (Fsp3) is 0.179. The van der Waals surface area contributed by atoms with Crippen LogP contribution >= 0.6 is 11.6 Å². The third-order valence-electron chi connectivity index (χ3n) is 6.20. The summed E-state index contributed by atoms with van der Waals surface area (Å²) in [5, 5.41) is 4.37. The molecule has 0 unspecified atom stereocenters. The second-order valence-electron chi connectivity index (χ2n) is 8.89. The van der Waals surface area contributed by atoms with Crippen LogP contribution in [0.2, 0.25) is 5.02 Å². The largest absolute Gasteiger partial charge is 0.325 e. The number of benzene rings is 3. The van der Waals surface area contributed by atoms with Gasteiger partial charge in [-0.15, -0.1) is 0 Å². The van der Waals surface area contributed by atoms with Gasteiger partial charge in [-0.25, -0.2) is 4.98 Å². The standard InChI is InChI=1S/C28H25ClN4O2/c1-18(2)19-11-13-21(14-12-19)31-25(34)16-33-24-10-6-4-8-22(24)26-27(33)28(35)32(17-30-26)15-20-7-3-5-9-23(20)29/h3-14,17-18H,15-16H2,1-2H3,(H,31,34). The molecule has 0 atom stereocenters. The average molecular weight is 485 g/mol. The highest BCUT2D eigenvalue weighted by Crippen LogP contribution is 2.26. The fourth-order valence-electron chi connectivity index (χ4n) is 4.33. The van der Waals surface area contributed by atoms with Gasteiger partial charge in [0.25, 0.3) is 5.56 Å². The highest BCUT2D eigenvalue weighted by Gasteiger charge is 2.18. The van der Waals surface area contributed by atoms with Gasteiger partial charge in [0.2, 0.25) is 5.91 Å². The first kappa shape index (κ1) is 22.9. The molecule has 1 N–H and O–H groups in total. The van der Waals surface area contributed by atoms with E-state index in [0.29, 0.717) is 22.0 Å². The number of carbonyl (C=O) groups excluding carboxylic acids is 1. The molecule has 0 saturated heterocycles. The number of hydrogen-bond acceptors (Lipinski definition) is 3. The summed E-state index contributed by atoms with van der Waals surface area (Å²) in [7, 11) is 0. The predicted molar refractivity (Wildman–Crippen MR) is 141 cm³/mol. The molecule has 5 rings (SSSR count). The minimum absolute atomic E-state index is 0.0109. The number of fused-ring (bicyclic) bond motifs is 3. The van der Waals surface area contributed by atoms with E-state index in [2.05, 4.69) is 24.1 Å². The van der Waals surface area contributed by atoms with Crippen LogP contribution in [0.3, 0.4) is 0 Å². The Bertz CT molecular complexity index is 1600. The summed E-state index contributed by atoms with van der Waals surface area (Å²) in [6.45, 7) is 4.53. The molecule has 35 heavy (non-hydrogen) atoms. The summed E-state index contributed by atoms with van der Waals surface area (Å²) < 4.78 is 3.28. The Balaban J connectivity index is 1.53. The molecular formula is C28H25ClN4O2. The van der Waals surface area contributed by atoms with Gasteiger partial charge in [0.1, 0.15) is 17.6 Å². The number of anilines is 1. The molecule has 0 bridgehead atoms. The maximum Gasteiger partial charge on any atom is 0.278 e. The van der Waals surface area contributed by atoms with E-state index < -0.39 is 0 Å². The van der Waals surface area contributed by atoms with Gasteiger partial charge in [0, 0.05) is 16.1 Å². The molecule has 7 heteroatoms. The third kappa shape index (κ3) is 4.45. The molecule has 2 heterocycles. The van der Waals surface area contributed by atoms with Crippen LogP contribution in [-0.4, -0.2) is 20.0 Å². The summed E-state index contributed by atoms with van der Waals surface area (Å²) >= 11 is 6.32. The maximum absolute atomic E-state index is 13.6. The Hall–Kier alpha value is -3.90. The number of amides is 1. The second-order valence-corrected chi connectivity index (χ2v) is 9.30. The Labute approximate surface area is 207 Å². The Morgan fingerprint density at radius 3 is 2.46 bits per heavy atom. The van der Waals surface area contributed by atoms with Crippen LogP contribution in [0.4, 0.5) is 5.69 Å². The van der Waals surface area contributed by atoms with E-state index in [0.717, 1.165) is 22.2 Å². The van der Waals surface area contributed by atoms with Gasteiger partial charge in [0.05, 0.1) is 18.4 Å². The number of para-hydroxylation sites is 1. The molecule has 6 nitrogen and oxygen atoms in total. The number of nitrogens with one attached hydrogen (secondary N) is 1. The molecule has 5 aromatic rings. The van der Waals surface area contributed by atoms with Crippen LogP contribution in [-0.2, 0) is 17.9 Å². The van der Waals surface area contributed by atoms with Gasteiger partial charge in [-0.3, -0.25) is 14.2 Å². The lowest BCUT2D eigenvalue weighted by molar-refractivity contribution is -0.116. The number of rotatable bonds is 6. The fourth-order valence-corrected chi connectivity index (χ4v) is 4.53. The van der Waals surface area contributed by atoms with E-state index in [9.17, 15) is 9.59 Å². The van der Waals surface area contributed by atoms with Crippen molar-refractivity contribution in [2.24, 2.45) is 0 Å². The van der Waals surface area contributed by atoms with Crippen molar-refractivity contribution >= 4 is 45.1 Å². The minimum Gasteiger partial charge on any atom is -0.325 e. The van der Waals surface area contributed by atoms with Crippen molar-refractivity contribution in [3.05, 3.63) is 106 Å². The summed E-state index contributed by atoms with van der Waals surface area (Å²) in [6.07, 6.45) is 1.54. The van der Waals surface area contributed by atoms with E-state index in [1.54, 1.807) is 17.0 Å². The Morgan fingerprint density at radius 2 is 1.71 bits per heavy atom. The first-order chi connectivity index (χ1) is 16.9. The molecule has 3 aromatic carbocycles. The van der Waals surface area contributed by atoms with Crippen molar-refractivity contribution in [1.82, 2.24) is 14.1 Å². The summed E-state index contributed by atoms with van der Waals surface area (Å²) in [5.41, 5.74) is 4.28. The Morgan fingerprint density at radius 1 is 1.00 bits per heavy atom. The summed E-state index contributed by atoms with van der Waals surface area (Å²) in [6, 6.07) is 22.8. The topological polar surface area (TPSA) is 68.9 Å². The third-order valence-corrected chi connectivity index (χ3v) is 6.56. The zero-order valence-electron chi connectivity index (χ0n) is 19.5. The highest BCUT2D eigenvalue weighted by atomic mass is 35.5. The number of hydrogen-bond donors (Lipinski definition) is 1. The molecular weight excluding hydrogens is 460 g/mol. The van der Waals surface area contributed by atoms with Crippen molar-refractivity contribution in [1.29, 1.82) is 0 Å². The monoisotopic (exact) mass is 484 g/mol. The predicted octanol–water partition coefficient (Wildman–Crippen LogP) is 5.82. The van der Waals surface area contributed by atoms with Gasteiger partial charge < -0.3 is 9.88 Å². The minimum atomic E-state index is -0.222. The number of carbonyl (C=O) groups is 1. The van der Waals surface area contributed by atoms with Gasteiger partial charge in [-0.1, -0.05) is 74.0 Å². The van der Waals surface area contributed by atoms with Crippen LogP contribution in [0.5, 0.6) is 0 Å². The van der Waals surface area contributed by atoms with Crippen LogP contribution in [0.15, 0.2) is 83.9 Å². The quantitative estimate of drug-likeness (QED) is 0.330. The first-order valence-corrected chi connectivity index (χ1v) is 11.9. The van der Waals surface area contributed by atoms with Gasteiger partial charge in [0.15, 0.2) is 0 Å². The lowest BCUT2D eigenvalue weighted by Crippen LogP contribution is -2.25. The molecule has 0 saturated carbocycles. The summed E-state index contributed by atoms with van der Waals surface area (Å²) in [5.74, 6) is 0.198. The van der Waals surface area contributed by atoms with Gasteiger partial charge in [-0.05, 0) is 41.3 Å². The molecule has 0 fully saturated rings. The zero-order chi connectivity index (χ0) is 24.5. The maximum atomic E-state index is 13.6. The van der Waals surface area contributed by atoms with E-state index in [1.165, 1.54) is 10.1 Å². The van der Waals surface area contributed by atoms with Crippen LogP contribution in [0.1, 0.15) is 30.9 Å². The first-order valence-electron chi connectivity index (χ1n) is 11.5. The van der Waals surface area contributed by atoms with E-state index in [-0.39, 0.29) is 24.6 Å².